The zero-order valence-corrected chi connectivity index (χ0v) is 12.1. The van der Waals surface area contributed by atoms with Crippen LogP contribution in [-0.4, -0.2) is 31.0 Å². The summed E-state index contributed by atoms with van der Waals surface area (Å²) in [6, 6.07) is 5.67. The molecule has 0 bridgehead atoms. The maximum Gasteiger partial charge on any atom is 0.356 e. The van der Waals surface area contributed by atoms with E-state index in [1.807, 2.05) is 31.2 Å². The number of rotatable bonds is 4. The Morgan fingerprint density at radius 1 is 1.48 bits per heavy atom. The lowest BCUT2D eigenvalue weighted by atomic mass is 10.1. The van der Waals surface area contributed by atoms with Gasteiger partial charge < -0.3 is 14.2 Å². The lowest BCUT2D eigenvalue weighted by molar-refractivity contribution is -0.133. The van der Waals surface area contributed by atoms with Crippen LogP contribution in [0.3, 0.4) is 0 Å². The quantitative estimate of drug-likeness (QED) is 0.631. The van der Waals surface area contributed by atoms with Crippen molar-refractivity contribution in [3.63, 3.8) is 0 Å². The fraction of sp³-hybridized carbons (Fsp3) is 0.375. The first kappa shape index (κ1) is 13.7. The summed E-state index contributed by atoms with van der Waals surface area (Å²) in [5, 5.41) is 0. The highest BCUT2D eigenvalue weighted by Gasteiger charge is 2.55. The molecule has 1 saturated carbocycles. The van der Waals surface area contributed by atoms with Gasteiger partial charge in [-0.15, -0.1) is 0 Å². The van der Waals surface area contributed by atoms with Gasteiger partial charge in [0.05, 0.1) is 20.0 Å². The van der Waals surface area contributed by atoms with Crippen LogP contribution >= 0.6 is 0 Å². The van der Waals surface area contributed by atoms with Gasteiger partial charge in [-0.3, -0.25) is 0 Å². The molecule has 0 amide bonds. The van der Waals surface area contributed by atoms with Gasteiger partial charge in [0.15, 0.2) is 11.3 Å². The Morgan fingerprint density at radius 3 is 2.95 bits per heavy atom. The highest BCUT2D eigenvalue weighted by Crippen LogP contribution is 2.48. The predicted octanol–water partition coefficient (Wildman–Crippen LogP) is 2.86. The molecule has 2 aliphatic rings. The van der Waals surface area contributed by atoms with Gasteiger partial charge in [-0.05, 0) is 43.5 Å². The fourth-order valence-electron chi connectivity index (χ4n) is 2.30. The largest absolute Gasteiger partial charge is 0.501 e. The van der Waals surface area contributed by atoms with Crippen LogP contribution in [0.2, 0.25) is 0 Å². The average molecular weight is 287 g/mol. The van der Waals surface area contributed by atoms with E-state index in [-0.39, 0.29) is 0 Å². The zero-order chi connectivity index (χ0) is 14.9. The molecule has 1 heterocycles. The van der Waals surface area contributed by atoms with E-state index < -0.39 is 11.6 Å². The maximum atomic E-state index is 11.9. The molecule has 1 aromatic rings. The van der Waals surface area contributed by atoms with Crippen molar-refractivity contribution in [2.45, 2.75) is 25.4 Å². The lowest BCUT2D eigenvalue weighted by Crippen LogP contribution is -2.38. The molecule has 0 unspecified atom stereocenters. The molecule has 1 aliphatic heterocycles. The monoisotopic (exact) mass is 287 g/mol. The molecule has 3 rings (SSSR count). The van der Waals surface area contributed by atoms with Gasteiger partial charge >= 0.3 is 5.97 Å². The van der Waals surface area contributed by atoms with Crippen molar-refractivity contribution in [2.24, 2.45) is 4.99 Å². The maximum absolute atomic E-state index is 11.9. The number of carbonyl (C=O) groups is 1. The van der Waals surface area contributed by atoms with Crippen LogP contribution in [-0.2, 0) is 14.3 Å². The number of fused-ring (bicyclic) bond motifs is 1. The number of nitrogens with zero attached hydrogens (tertiary/aromatic N) is 1. The molecule has 0 aromatic heterocycles. The number of methoxy groups -OCH3 is 1. The Labute approximate surface area is 123 Å². The first-order chi connectivity index (χ1) is 10.2. The summed E-state index contributed by atoms with van der Waals surface area (Å²) >= 11 is 0. The predicted molar refractivity (Wildman–Crippen MR) is 78.8 cm³/mol. The van der Waals surface area contributed by atoms with Crippen LogP contribution in [0.5, 0.6) is 5.75 Å². The summed E-state index contributed by atoms with van der Waals surface area (Å²) in [5.41, 5.74) is 1.38. The van der Waals surface area contributed by atoms with Gasteiger partial charge in [0.1, 0.15) is 11.4 Å². The molecular weight excluding hydrogens is 270 g/mol. The SMILES string of the molecule is CCO/C=C/c1ccc2c(c1)N=C(C(=O)OC)C1(CC1)O2. The molecule has 1 fully saturated rings. The topological polar surface area (TPSA) is 57.1 Å². The molecule has 0 atom stereocenters. The summed E-state index contributed by atoms with van der Waals surface area (Å²) in [6.07, 6.45) is 5.08. The summed E-state index contributed by atoms with van der Waals surface area (Å²) < 4.78 is 15.9. The number of hydrogen-bond acceptors (Lipinski definition) is 5. The van der Waals surface area contributed by atoms with Crippen LogP contribution in [0.1, 0.15) is 25.3 Å². The second kappa shape index (κ2) is 5.24. The van der Waals surface area contributed by atoms with Crippen molar-refractivity contribution in [3.05, 3.63) is 30.0 Å². The van der Waals surface area contributed by atoms with Crippen LogP contribution in [0, 0.1) is 0 Å². The molecule has 21 heavy (non-hydrogen) atoms. The van der Waals surface area contributed by atoms with Crippen LogP contribution in [0.25, 0.3) is 6.08 Å². The lowest BCUT2D eigenvalue weighted by Gasteiger charge is -2.24. The molecule has 110 valence electrons. The van der Waals surface area contributed by atoms with E-state index in [2.05, 4.69) is 4.99 Å². The minimum atomic E-state index is -0.567. The van der Waals surface area contributed by atoms with Crippen molar-refractivity contribution < 1.29 is 19.0 Å². The highest BCUT2D eigenvalue weighted by molar-refractivity contribution is 6.41. The normalized spacial score (nSPS) is 17.9. The molecule has 5 heteroatoms. The summed E-state index contributed by atoms with van der Waals surface area (Å²) in [6.45, 7) is 2.55. The summed E-state index contributed by atoms with van der Waals surface area (Å²) in [4.78, 5) is 16.3. The first-order valence-corrected chi connectivity index (χ1v) is 6.97. The van der Waals surface area contributed by atoms with Gasteiger partial charge in [0.25, 0.3) is 0 Å². The second-order valence-electron chi connectivity index (χ2n) is 5.03. The van der Waals surface area contributed by atoms with Crippen molar-refractivity contribution in [3.8, 4) is 5.75 Å². The van der Waals surface area contributed by atoms with Crippen molar-refractivity contribution in [1.29, 1.82) is 0 Å². The number of carbonyl (C=O) groups excluding carboxylic acids is 1. The van der Waals surface area contributed by atoms with Crippen molar-refractivity contribution in [1.82, 2.24) is 0 Å². The van der Waals surface area contributed by atoms with Gasteiger partial charge in [-0.2, -0.15) is 0 Å². The van der Waals surface area contributed by atoms with Crippen molar-refractivity contribution >= 4 is 23.4 Å². The number of ether oxygens (including phenoxy) is 3. The van der Waals surface area contributed by atoms with E-state index in [1.165, 1.54) is 7.11 Å². The Morgan fingerprint density at radius 2 is 2.29 bits per heavy atom. The van der Waals surface area contributed by atoms with E-state index in [9.17, 15) is 4.79 Å². The van der Waals surface area contributed by atoms with Crippen LogP contribution in [0.4, 0.5) is 5.69 Å². The number of aliphatic imine (C=N–C) groups is 1. The molecule has 0 radical (unpaired) electrons. The molecule has 0 N–H and O–H groups in total. The molecule has 1 spiro atoms. The summed E-state index contributed by atoms with van der Waals surface area (Å²) in [7, 11) is 1.36. The van der Waals surface area contributed by atoms with E-state index in [0.717, 1.165) is 18.4 Å². The van der Waals surface area contributed by atoms with Crippen LogP contribution in [0.15, 0.2) is 29.5 Å². The zero-order valence-electron chi connectivity index (χ0n) is 12.1. The third-order valence-corrected chi connectivity index (χ3v) is 3.56. The van der Waals surface area contributed by atoms with Crippen LogP contribution < -0.4 is 4.74 Å². The average Bonchev–Trinajstić information content (AvgIpc) is 3.26. The van der Waals surface area contributed by atoms with Crippen molar-refractivity contribution in [2.75, 3.05) is 13.7 Å². The number of benzene rings is 1. The van der Waals surface area contributed by atoms with Gasteiger partial charge in [0.2, 0.25) is 0 Å². The first-order valence-electron chi connectivity index (χ1n) is 6.97. The summed E-state index contributed by atoms with van der Waals surface area (Å²) in [5.74, 6) is 0.280. The van der Waals surface area contributed by atoms with Gasteiger partial charge in [-0.25, -0.2) is 9.79 Å². The van der Waals surface area contributed by atoms with Gasteiger partial charge in [0, 0.05) is 0 Å². The third-order valence-electron chi connectivity index (χ3n) is 3.56. The fourth-order valence-corrected chi connectivity index (χ4v) is 2.30. The Balaban J connectivity index is 1.93. The Kier molecular flexibility index (Phi) is 3.41. The van der Waals surface area contributed by atoms with E-state index in [4.69, 9.17) is 14.2 Å². The minimum Gasteiger partial charge on any atom is -0.501 e. The molecule has 0 saturated heterocycles. The number of hydrogen-bond donors (Lipinski definition) is 0. The van der Waals surface area contributed by atoms with Gasteiger partial charge in [-0.1, -0.05) is 6.07 Å². The minimum absolute atomic E-state index is 0.364. The smallest absolute Gasteiger partial charge is 0.356 e. The molecule has 1 aromatic carbocycles. The van der Waals surface area contributed by atoms with E-state index >= 15 is 0 Å². The Hall–Kier alpha value is -2.30. The number of esters is 1. The standard InChI is InChI=1S/C16H17NO4/c1-3-20-9-6-11-4-5-13-12(10-11)17-14(15(18)19-2)16(21-13)7-8-16/h4-6,9-10H,3,7-8H2,1-2H3/b9-6+. The van der Waals surface area contributed by atoms with E-state index in [1.54, 1.807) is 6.26 Å². The third kappa shape index (κ3) is 2.51. The molecule has 1 aliphatic carbocycles. The molecule has 5 nitrogen and oxygen atoms in total. The Bertz CT molecular complexity index is 629. The highest BCUT2D eigenvalue weighted by atomic mass is 16.5. The van der Waals surface area contributed by atoms with E-state index in [0.29, 0.717) is 23.8 Å². The molecular formula is C16H17NO4. The second-order valence-corrected chi connectivity index (χ2v) is 5.03.